The molecule has 1 amide bonds. The van der Waals surface area contributed by atoms with Crippen molar-refractivity contribution >= 4 is 15.9 Å². The maximum atomic E-state index is 12.2. The zero-order valence-electron chi connectivity index (χ0n) is 13.1. The first-order valence-electron chi connectivity index (χ1n) is 7.43. The third-order valence-corrected chi connectivity index (χ3v) is 4.89. The van der Waals surface area contributed by atoms with Gasteiger partial charge in [-0.1, -0.05) is 20.8 Å². The number of hydrogen-bond donors (Lipinski definition) is 0. The minimum absolute atomic E-state index is 0.0777. The molecule has 20 heavy (non-hydrogen) atoms. The van der Waals surface area contributed by atoms with Crippen LogP contribution in [0.5, 0.6) is 0 Å². The molecule has 0 N–H and O–H groups in total. The first-order chi connectivity index (χ1) is 9.20. The van der Waals surface area contributed by atoms with Gasteiger partial charge in [0.2, 0.25) is 15.9 Å². The van der Waals surface area contributed by atoms with Crippen molar-refractivity contribution in [1.29, 1.82) is 0 Å². The molecular formula is C14H28N2O3S. The van der Waals surface area contributed by atoms with Gasteiger partial charge in [0.05, 0.1) is 6.26 Å². The van der Waals surface area contributed by atoms with E-state index in [-0.39, 0.29) is 18.2 Å². The van der Waals surface area contributed by atoms with Crippen molar-refractivity contribution < 1.29 is 13.2 Å². The first-order valence-corrected chi connectivity index (χ1v) is 9.28. The molecule has 0 saturated carbocycles. The maximum Gasteiger partial charge on any atom is 0.223 e. The lowest BCUT2D eigenvalue weighted by atomic mass is 10.00. The fourth-order valence-electron chi connectivity index (χ4n) is 2.59. The van der Waals surface area contributed by atoms with Crippen molar-refractivity contribution in [3.8, 4) is 0 Å². The second kappa shape index (κ2) is 7.41. The van der Waals surface area contributed by atoms with E-state index in [0.29, 0.717) is 19.0 Å². The Balaban J connectivity index is 2.52. The van der Waals surface area contributed by atoms with Crippen LogP contribution in [0.4, 0.5) is 0 Å². The van der Waals surface area contributed by atoms with Crippen LogP contribution in [0, 0.1) is 11.8 Å². The molecule has 0 spiro atoms. The van der Waals surface area contributed by atoms with E-state index >= 15 is 0 Å². The molecule has 6 heteroatoms. The Bertz CT molecular complexity index is 420. The Morgan fingerprint density at radius 3 is 2.55 bits per heavy atom. The van der Waals surface area contributed by atoms with E-state index in [1.54, 1.807) is 0 Å². The summed E-state index contributed by atoms with van der Waals surface area (Å²) >= 11 is 0. The number of sulfonamides is 1. The molecule has 1 heterocycles. The number of rotatable bonds is 6. The Morgan fingerprint density at radius 2 is 2.05 bits per heavy atom. The van der Waals surface area contributed by atoms with E-state index in [1.165, 1.54) is 17.0 Å². The lowest BCUT2D eigenvalue weighted by Gasteiger charge is -2.31. The predicted octanol–water partition coefficient (Wildman–Crippen LogP) is 1.55. The summed E-state index contributed by atoms with van der Waals surface area (Å²) in [6.07, 6.45) is 3.72. The van der Waals surface area contributed by atoms with Crippen LogP contribution >= 0.6 is 0 Å². The molecule has 1 aliphatic rings. The standard InChI is InChI=1S/C14H28N2O3S/c1-12(2)10-16(20(4,18)19)9-7-14(17)15-8-5-6-13(3)11-15/h12-13H,5-11H2,1-4H3. The van der Waals surface area contributed by atoms with Gasteiger partial charge < -0.3 is 4.90 Å². The van der Waals surface area contributed by atoms with Crippen LogP contribution in [0.1, 0.15) is 40.0 Å². The topological polar surface area (TPSA) is 57.7 Å². The van der Waals surface area contributed by atoms with E-state index in [0.717, 1.165) is 19.5 Å². The smallest absolute Gasteiger partial charge is 0.223 e. The number of likely N-dealkylation sites (tertiary alicyclic amines) is 1. The fourth-order valence-corrected chi connectivity index (χ4v) is 3.59. The van der Waals surface area contributed by atoms with Gasteiger partial charge in [0.15, 0.2) is 0 Å². The van der Waals surface area contributed by atoms with Crippen LogP contribution < -0.4 is 0 Å². The summed E-state index contributed by atoms with van der Waals surface area (Å²) in [4.78, 5) is 14.0. The minimum Gasteiger partial charge on any atom is -0.342 e. The van der Waals surface area contributed by atoms with Crippen LogP contribution in [0.3, 0.4) is 0 Å². The van der Waals surface area contributed by atoms with Crippen molar-refractivity contribution in [2.45, 2.75) is 40.0 Å². The molecule has 1 atom stereocenters. The van der Waals surface area contributed by atoms with E-state index in [9.17, 15) is 13.2 Å². The number of amides is 1. The molecule has 1 aliphatic heterocycles. The normalized spacial score (nSPS) is 20.7. The summed E-state index contributed by atoms with van der Waals surface area (Å²) in [5.41, 5.74) is 0. The molecule has 1 rings (SSSR count). The quantitative estimate of drug-likeness (QED) is 0.748. The SMILES string of the molecule is CC(C)CN(CCC(=O)N1CCCC(C)C1)S(C)(=O)=O. The largest absolute Gasteiger partial charge is 0.342 e. The molecular weight excluding hydrogens is 276 g/mol. The molecule has 1 fully saturated rings. The highest BCUT2D eigenvalue weighted by Crippen LogP contribution is 2.16. The van der Waals surface area contributed by atoms with Crippen molar-refractivity contribution in [3.63, 3.8) is 0 Å². The van der Waals surface area contributed by atoms with Gasteiger partial charge in [-0.05, 0) is 24.7 Å². The van der Waals surface area contributed by atoms with Crippen LogP contribution in [0.15, 0.2) is 0 Å². The molecule has 1 unspecified atom stereocenters. The summed E-state index contributed by atoms with van der Waals surface area (Å²) in [7, 11) is -3.23. The second-order valence-electron chi connectivity index (χ2n) is 6.35. The van der Waals surface area contributed by atoms with Crippen molar-refractivity contribution in [3.05, 3.63) is 0 Å². The zero-order valence-corrected chi connectivity index (χ0v) is 13.9. The number of nitrogens with zero attached hydrogens (tertiary/aromatic N) is 2. The Labute approximate surface area is 123 Å². The molecule has 0 aromatic heterocycles. The molecule has 0 bridgehead atoms. The first kappa shape index (κ1) is 17.4. The molecule has 0 aliphatic carbocycles. The highest BCUT2D eigenvalue weighted by Gasteiger charge is 2.23. The predicted molar refractivity (Wildman–Crippen MR) is 80.8 cm³/mol. The van der Waals surface area contributed by atoms with Gasteiger partial charge in [0.25, 0.3) is 0 Å². The summed E-state index contributed by atoms with van der Waals surface area (Å²) in [5.74, 6) is 0.887. The van der Waals surface area contributed by atoms with Gasteiger partial charge in [-0.2, -0.15) is 0 Å². The van der Waals surface area contributed by atoms with Gasteiger partial charge in [-0.15, -0.1) is 0 Å². The van der Waals surface area contributed by atoms with Gasteiger partial charge >= 0.3 is 0 Å². The van der Waals surface area contributed by atoms with Gasteiger partial charge in [0.1, 0.15) is 0 Å². The number of carbonyl (C=O) groups is 1. The Hall–Kier alpha value is -0.620. The number of piperidine rings is 1. The summed E-state index contributed by atoms with van der Waals surface area (Å²) in [6.45, 7) is 8.50. The molecule has 0 aromatic carbocycles. The fraction of sp³-hybridized carbons (Fsp3) is 0.929. The second-order valence-corrected chi connectivity index (χ2v) is 8.33. The van der Waals surface area contributed by atoms with Gasteiger partial charge in [-0.3, -0.25) is 4.79 Å². The summed E-state index contributed by atoms with van der Waals surface area (Å²) in [6, 6.07) is 0. The van der Waals surface area contributed by atoms with E-state index in [4.69, 9.17) is 0 Å². The Morgan fingerprint density at radius 1 is 1.40 bits per heavy atom. The maximum absolute atomic E-state index is 12.2. The van der Waals surface area contributed by atoms with Crippen LogP contribution in [-0.2, 0) is 14.8 Å². The monoisotopic (exact) mass is 304 g/mol. The van der Waals surface area contributed by atoms with Crippen LogP contribution in [0.2, 0.25) is 0 Å². The van der Waals surface area contributed by atoms with Crippen LogP contribution in [-0.4, -0.2) is 56.0 Å². The molecule has 5 nitrogen and oxygen atoms in total. The molecule has 0 aromatic rings. The number of carbonyl (C=O) groups excluding carboxylic acids is 1. The van der Waals surface area contributed by atoms with E-state index in [1.807, 2.05) is 18.7 Å². The molecule has 1 saturated heterocycles. The highest BCUT2D eigenvalue weighted by molar-refractivity contribution is 7.88. The summed E-state index contributed by atoms with van der Waals surface area (Å²) in [5, 5.41) is 0. The zero-order chi connectivity index (χ0) is 15.3. The highest BCUT2D eigenvalue weighted by atomic mass is 32.2. The van der Waals surface area contributed by atoms with Crippen molar-refractivity contribution in [2.75, 3.05) is 32.4 Å². The lowest BCUT2D eigenvalue weighted by molar-refractivity contribution is -0.133. The van der Waals surface area contributed by atoms with Crippen molar-refractivity contribution in [2.24, 2.45) is 11.8 Å². The average molecular weight is 304 g/mol. The summed E-state index contributed by atoms with van der Waals surface area (Å²) < 4.78 is 24.8. The third-order valence-electron chi connectivity index (χ3n) is 3.62. The molecule has 0 radical (unpaired) electrons. The molecule has 118 valence electrons. The van der Waals surface area contributed by atoms with E-state index < -0.39 is 10.0 Å². The average Bonchev–Trinajstić information content (AvgIpc) is 2.32. The Kier molecular flexibility index (Phi) is 6.45. The van der Waals surface area contributed by atoms with Gasteiger partial charge in [0, 0.05) is 32.6 Å². The van der Waals surface area contributed by atoms with Gasteiger partial charge in [-0.25, -0.2) is 12.7 Å². The lowest BCUT2D eigenvalue weighted by Crippen LogP contribution is -2.42. The third kappa shape index (κ3) is 5.79. The number of hydrogen-bond acceptors (Lipinski definition) is 3. The van der Waals surface area contributed by atoms with Crippen molar-refractivity contribution in [1.82, 2.24) is 9.21 Å². The minimum atomic E-state index is -3.23. The van der Waals surface area contributed by atoms with Crippen LogP contribution in [0.25, 0.3) is 0 Å². The van der Waals surface area contributed by atoms with E-state index in [2.05, 4.69) is 6.92 Å².